The van der Waals surface area contributed by atoms with Gasteiger partial charge >= 0.3 is 35.8 Å². The van der Waals surface area contributed by atoms with Gasteiger partial charge in [0.25, 0.3) is 0 Å². The Morgan fingerprint density at radius 1 is 0.309 bits per heavy atom. The van der Waals surface area contributed by atoms with Crippen molar-refractivity contribution >= 4 is 35.8 Å². The fraction of sp³-hybridized carbons (Fsp3) is 0.417. The molecular formula is C72H86O25. The van der Waals surface area contributed by atoms with Crippen LogP contribution in [-0.2, 0) is 62.5 Å². The van der Waals surface area contributed by atoms with Crippen molar-refractivity contribution in [3.63, 3.8) is 0 Å². The van der Waals surface area contributed by atoms with Crippen LogP contribution in [0.5, 0.6) is 40.2 Å². The van der Waals surface area contributed by atoms with Crippen molar-refractivity contribution in [2.24, 2.45) is 0 Å². The summed E-state index contributed by atoms with van der Waals surface area (Å²) in [7, 11) is 9.91. The van der Waals surface area contributed by atoms with Gasteiger partial charge in [0, 0.05) is 0 Å². The monoisotopic (exact) mass is 1350 g/mol. The van der Waals surface area contributed by atoms with E-state index in [0.29, 0.717) is 28.6 Å². The predicted octanol–water partition coefficient (Wildman–Crippen LogP) is 9.31. The second kappa shape index (κ2) is 36.6. The number of hydrogen-bond donors (Lipinski definition) is 3. The van der Waals surface area contributed by atoms with E-state index in [0.717, 1.165) is 0 Å². The van der Waals surface area contributed by atoms with Gasteiger partial charge in [-0.05, 0) is 164 Å². The molecular weight excluding hydrogens is 1260 g/mol. The van der Waals surface area contributed by atoms with Crippen molar-refractivity contribution in [2.45, 2.75) is 95.6 Å². The van der Waals surface area contributed by atoms with E-state index in [1.54, 1.807) is 76.2 Å². The molecule has 97 heavy (non-hydrogen) atoms. The predicted molar refractivity (Wildman–Crippen MR) is 349 cm³/mol. The van der Waals surface area contributed by atoms with Crippen LogP contribution >= 0.6 is 0 Å². The molecule has 25 heteroatoms. The van der Waals surface area contributed by atoms with Crippen LogP contribution in [0.2, 0.25) is 0 Å². The molecule has 25 nitrogen and oxygen atoms in total. The van der Waals surface area contributed by atoms with E-state index in [1.165, 1.54) is 123 Å². The van der Waals surface area contributed by atoms with Crippen molar-refractivity contribution in [3.05, 3.63) is 171 Å². The smallest absolute Gasteiger partial charge is 0.345 e. The zero-order valence-electron chi connectivity index (χ0n) is 56.5. The first-order chi connectivity index (χ1) is 46.7. The maximum absolute atomic E-state index is 14.4. The summed E-state index contributed by atoms with van der Waals surface area (Å²) in [6, 6.07) is 30.2. The molecule has 6 aromatic carbocycles. The van der Waals surface area contributed by atoms with E-state index in [-0.39, 0.29) is 87.4 Å². The first kappa shape index (κ1) is 76.5. The summed E-state index contributed by atoms with van der Waals surface area (Å²) in [5, 5.41) is 30.6. The molecule has 6 aromatic rings. The lowest BCUT2D eigenvalue weighted by Gasteiger charge is -2.38. The number of ether oxygens (including phenoxy) is 16. The van der Waals surface area contributed by atoms with Gasteiger partial charge in [0.2, 0.25) is 0 Å². The van der Waals surface area contributed by atoms with E-state index in [4.69, 9.17) is 75.8 Å². The average Bonchev–Trinajstić information content (AvgIpc) is 0.833. The maximum atomic E-state index is 14.4. The summed E-state index contributed by atoms with van der Waals surface area (Å²) in [4.78, 5) is 85.3. The largest absolute Gasteiger partial charge is 0.497 e. The van der Waals surface area contributed by atoms with Crippen LogP contribution in [0.4, 0.5) is 0 Å². The van der Waals surface area contributed by atoms with E-state index in [1.807, 2.05) is 0 Å². The number of rotatable bonds is 40. The minimum atomic E-state index is -1.77. The number of carbonyl (C=O) groups is 6. The van der Waals surface area contributed by atoms with Crippen LogP contribution in [0, 0.1) is 0 Å². The Morgan fingerprint density at radius 3 is 0.794 bits per heavy atom. The van der Waals surface area contributed by atoms with Crippen molar-refractivity contribution in [3.8, 4) is 40.2 Å². The van der Waals surface area contributed by atoms with Gasteiger partial charge in [-0.1, -0.05) is 27.7 Å². The van der Waals surface area contributed by atoms with Crippen LogP contribution < -0.4 is 33.2 Å². The van der Waals surface area contributed by atoms with Crippen molar-refractivity contribution in [2.75, 3.05) is 103 Å². The lowest BCUT2D eigenvalue weighted by Crippen LogP contribution is -2.51. The van der Waals surface area contributed by atoms with Crippen LogP contribution in [0.1, 0.15) is 132 Å². The van der Waals surface area contributed by atoms with Gasteiger partial charge in [0.05, 0.1) is 137 Å². The van der Waals surface area contributed by atoms with E-state index >= 15 is 0 Å². The zero-order valence-corrected chi connectivity index (χ0v) is 56.5. The summed E-state index contributed by atoms with van der Waals surface area (Å²) in [6.45, 7) is 1.07. The molecule has 4 atom stereocenters. The topological polar surface area (TPSA) is 311 Å². The van der Waals surface area contributed by atoms with Gasteiger partial charge < -0.3 is 91.1 Å². The van der Waals surface area contributed by atoms with E-state index in [2.05, 4.69) is 0 Å². The number of aliphatic hydroxyl groups excluding tert-OH is 3. The van der Waals surface area contributed by atoms with Gasteiger partial charge in [-0.15, -0.1) is 0 Å². The van der Waals surface area contributed by atoms with Crippen molar-refractivity contribution in [1.82, 2.24) is 0 Å². The normalized spacial score (nSPS) is 13.5. The molecule has 0 aromatic heterocycles. The minimum Gasteiger partial charge on any atom is -0.497 e. The number of benzene rings is 6. The number of carbonyl (C=O) groups excluding carboxylic acids is 6. The Bertz CT molecular complexity index is 3270. The van der Waals surface area contributed by atoms with E-state index < -0.39 is 131 Å². The molecule has 0 spiro atoms. The molecule has 524 valence electrons. The highest BCUT2D eigenvalue weighted by Gasteiger charge is 2.44. The molecule has 0 aliphatic heterocycles. The Balaban J connectivity index is 1.36. The van der Waals surface area contributed by atoms with Gasteiger partial charge in [0.15, 0.2) is 22.4 Å². The molecule has 4 unspecified atom stereocenters. The molecule has 0 saturated heterocycles. The molecule has 0 radical (unpaired) electrons. The molecule has 3 N–H and O–H groups in total. The fourth-order valence-corrected chi connectivity index (χ4v) is 9.87. The quantitative estimate of drug-likeness (QED) is 0.0238. The van der Waals surface area contributed by atoms with Crippen molar-refractivity contribution in [1.29, 1.82) is 0 Å². The minimum absolute atomic E-state index is 0.00186. The summed E-state index contributed by atoms with van der Waals surface area (Å²) in [5.74, 6) is -3.02. The highest BCUT2D eigenvalue weighted by Crippen LogP contribution is 2.35. The summed E-state index contributed by atoms with van der Waals surface area (Å²) in [6.07, 6.45) is -0.0375. The van der Waals surface area contributed by atoms with Gasteiger partial charge in [-0.2, -0.15) is 0 Å². The number of hydrogen-bond acceptors (Lipinski definition) is 25. The molecule has 0 aliphatic rings. The Labute approximate surface area is 563 Å². The SMILES string of the molecule is CCC(COCC(CC)(COCC(CC)(COC(=O)c1c(OC)cc(CO)cc1OC)OC(=O)c1ccc(OC)cc1)OC(=O)c1ccc(OC)cc1)(COCC(CC)(COC(=O)c1c(CO)cc(OC)cc1CO)OC(=O)c1ccc(OC)cc1)OC(=O)c1ccc(OC)cc1. The average molecular weight is 1350 g/mol. The molecule has 0 heterocycles. The third-order valence-corrected chi connectivity index (χ3v) is 16.2. The molecule has 6 rings (SSSR count). The number of methoxy groups -OCH3 is 7. The van der Waals surface area contributed by atoms with Crippen LogP contribution in [0.3, 0.4) is 0 Å². The van der Waals surface area contributed by atoms with Crippen molar-refractivity contribution < 1.29 is 120 Å². The summed E-state index contributed by atoms with van der Waals surface area (Å²) < 4.78 is 94.3. The Hall–Kier alpha value is -9.50. The standard InChI is InChI=1S/C72H86O25/c1-12-69(94-63(76)48-16-24-54(82-5)25-17-48,41-90-43-71(14-3,96-65(78)50-20-28-56(84-7)29-21-50)45-92-67(80)61-52(37-74)34-58(86-9)35-53(61)38-75)39-89-40-70(13-2,95-64(77)49-18-26-55(83-6)27-19-49)42-91-44-72(15-4,97-66(79)51-22-30-57(85-8)31-23-51)46-93-68(81)62-59(87-10)32-47(36-73)33-60(62)88-11/h16-35,73-75H,12-15,36-46H2,1-11H3. The third kappa shape index (κ3) is 20.3. The summed E-state index contributed by atoms with van der Waals surface area (Å²) in [5.41, 5.74) is -6.20. The summed E-state index contributed by atoms with van der Waals surface area (Å²) >= 11 is 0. The number of aliphatic hydroxyl groups is 3. The highest BCUT2D eigenvalue weighted by molar-refractivity contribution is 5.96. The van der Waals surface area contributed by atoms with E-state index in [9.17, 15) is 44.1 Å². The lowest BCUT2D eigenvalue weighted by molar-refractivity contribution is -0.164. The zero-order chi connectivity index (χ0) is 70.8. The molecule has 0 aliphatic carbocycles. The highest BCUT2D eigenvalue weighted by atomic mass is 16.6. The molecule has 0 amide bonds. The lowest BCUT2D eigenvalue weighted by atomic mass is 9.99. The first-order valence-corrected chi connectivity index (χ1v) is 31.0. The van der Waals surface area contributed by atoms with Crippen LogP contribution in [-0.4, -0.2) is 176 Å². The van der Waals surface area contributed by atoms with Gasteiger partial charge in [0.1, 0.15) is 59.0 Å². The number of esters is 6. The maximum Gasteiger partial charge on any atom is 0.345 e. The van der Waals surface area contributed by atoms with Crippen LogP contribution in [0.15, 0.2) is 121 Å². The fourth-order valence-electron chi connectivity index (χ4n) is 9.87. The molecule has 0 saturated carbocycles. The second-order valence-electron chi connectivity index (χ2n) is 22.4. The Morgan fingerprint density at radius 2 is 0.567 bits per heavy atom. The second-order valence-corrected chi connectivity index (χ2v) is 22.4. The molecule has 0 fully saturated rings. The molecule has 0 bridgehead atoms. The first-order valence-electron chi connectivity index (χ1n) is 31.0. The van der Waals surface area contributed by atoms with Gasteiger partial charge in [-0.25, -0.2) is 28.8 Å². The van der Waals surface area contributed by atoms with Crippen LogP contribution in [0.25, 0.3) is 0 Å². The Kier molecular flexibility index (Phi) is 28.8. The third-order valence-electron chi connectivity index (χ3n) is 16.2. The van der Waals surface area contributed by atoms with Gasteiger partial charge in [-0.3, -0.25) is 0 Å².